The average molecular weight is 190 g/mol. The normalized spacial score (nSPS) is 22.8. The van der Waals surface area contributed by atoms with Gasteiger partial charge >= 0.3 is 0 Å². The van der Waals surface area contributed by atoms with Crippen molar-refractivity contribution in [3.8, 4) is 0 Å². The van der Waals surface area contributed by atoms with E-state index in [0.29, 0.717) is 34.9 Å². The van der Waals surface area contributed by atoms with Gasteiger partial charge in [0, 0.05) is 6.42 Å². The maximum Gasteiger partial charge on any atom is 0.229 e. The molecule has 1 atom stereocenters. The molecule has 1 fully saturated rings. The number of hydrogen-bond donors (Lipinski definition) is 2. The van der Waals surface area contributed by atoms with Crippen LogP contribution in [0.2, 0.25) is 6.04 Å². The van der Waals surface area contributed by atoms with Gasteiger partial charge in [-0.05, 0) is 13.0 Å². The summed E-state index contributed by atoms with van der Waals surface area (Å²) in [6.45, 7) is 2.83. The predicted molar refractivity (Wildman–Crippen MR) is 43.7 cm³/mol. The molecule has 4 nitrogen and oxygen atoms in total. The molecule has 1 saturated heterocycles. The van der Waals surface area contributed by atoms with Gasteiger partial charge in [-0.1, -0.05) is 0 Å². The Bertz CT molecular complexity index is 130. The van der Waals surface area contributed by atoms with E-state index in [2.05, 4.69) is 0 Å². The number of hydrogen-bond acceptors (Lipinski definition) is 4. The summed E-state index contributed by atoms with van der Waals surface area (Å²) in [4.78, 5) is 0. The molecule has 12 heavy (non-hydrogen) atoms. The molecule has 0 aromatic rings. The highest BCUT2D eigenvalue weighted by Crippen LogP contribution is 2.10. The fraction of sp³-hybridized carbons (Fsp3) is 1.00. The van der Waals surface area contributed by atoms with Crippen LogP contribution in [0.25, 0.3) is 0 Å². The van der Waals surface area contributed by atoms with E-state index in [1.807, 2.05) is 0 Å². The van der Waals surface area contributed by atoms with Crippen LogP contribution in [0.1, 0.15) is 13.3 Å². The number of epoxide rings is 1. The standard InChI is InChI=1S/C7H14O4Si/c1-7(8,9)2-3-12-11-5-6-4-10-6/h6,8-9H,2-5H2,1H3. The summed E-state index contributed by atoms with van der Waals surface area (Å²) in [5, 5.41) is 17.8. The van der Waals surface area contributed by atoms with Crippen molar-refractivity contribution in [3.05, 3.63) is 0 Å². The maximum absolute atomic E-state index is 8.92. The fourth-order valence-corrected chi connectivity index (χ4v) is 1.70. The molecule has 0 aromatic heterocycles. The van der Waals surface area contributed by atoms with Crippen molar-refractivity contribution in [2.75, 3.05) is 13.2 Å². The Morgan fingerprint density at radius 1 is 1.67 bits per heavy atom. The summed E-state index contributed by atoms with van der Waals surface area (Å²) >= 11 is 0. The highest BCUT2D eigenvalue weighted by Gasteiger charge is 2.22. The lowest BCUT2D eigenvalue weighted by atomic mass is 10.2. The molecule has 1 aliphatic rings. The van der Waals surface area contributed by atoms with E-state index < -0.39 is 5.79 Å². The lowest BCUT2D eigenvalue weighted by Crippen LogP contribution is -2.23. The van der Waals surface area contributed by atoms with Gasteiger partial charge in [0.05, 0.1) is 13.2 Å². The molecule has 1 rings (SSSR count). The molecule has 0 saturated carbocycles. The van der Waals surface area contributed by atoms with E-state index in [1.54, 1.807) is 0 Å². The van der Waals surface area contributed by atoms with Crippen LogP contribution >= 0.6 is 0 Å². The van der Waals surface area contributed by atoms with Crippen molar-refractivity contribution >= 4 is 9.76 Å². The van der Waals surface area contributed by atoms with E-state index >= 15 is 0 Å². The third-order valence-electron chi connectivity index (χ3n) is 1.47. The first-order chi connectivity index (χ1) is 5.58. The summed E-state index contributed by atoms with van der Waals surface area (Å²) in [5.74, 6) is -1.55. The molecule has 0 bridgehead atoms. The van der Waals surface area contributed by atoms with Gasteiger partial charge < -0.3 is 19.4 Å². The van der Waals surface area contributed by atoms with Gasteiger partial charge in [-0.15, -0.1) is 0 Å². The third-order valence-corrected chi connectivity index (χ3v) is 2.30. The summed E-state index contributed by atoms with van der Waals surface area (Å²) in [6.07, 6.45) is 0.656. The second-order valence-corrected chi connectivity index (χ2v) is 4.21. The Morgan fingerprint density at radius 3 is 2.83 bits per heavy atom. The zero-order chi connectivity index (χ0) is 9.03. The van der Waals surface area contributed by atoms with Gasteiger partial charge in [0.2, 0.25) is 9.76 Å². The molecule has 0 spiro atoms. The summed E-state index contributed by atoms with van der Waals surface area (Å²) in [6, 6.07) is 0.691. The van der Waals surface area contributed by atoms with Gasteiger partial charge in [0.25, 0.3) is 0 Å². The Hall–Kier alpha value is 0.0569. The van der Waals surface area contributed by atoms with E-state index in [9.17, 15) is 0 Å². The minimum Gasteiger partial charge on any atom is -0.415 e. The highest BCUT2D eigenvalue weighted by atomic mass is 28.2. The monoisotopic (exact) mass is 190 g/mol. The largest absolute Gasteiger partial charge is 0.415 e. The molecule has 0 aromatic carbocycles. The van der Waals surface area contributed by atoms with E-state index in [-0.39, 0.29) is 0 Å². The lowest BCUT2D eigenvalue weighted by Gasteiger charge is -2.14. The average Bonchev–Trinajstić information content (AvgIpc) is 2.68. The second-order valence-electron chi connectivity index (χ2n) is 3.13. The van der Waals surface area contributed by atoms with Crippen LogP contribution < -0.4 is 0 Å². The predicted octanol–water partition coefficient (Wildman–Crippen LogP) is -0.470. The Balaban J connectivity index is 1.82. The van der Waals surface area contributed by atoms with Gasteiger partial charge in [0.15, 0.2) is 5.79 Å². The molecule has 0 aliphatic carbocycles. The smallest absolute Gasteiger partial charge is 0.229 e. The summed E-state index contributed by atoms with van der Waals surface area (Å²) < 4.78 is 10.2. The quantitative estimate of drug-likeness (QED) is 0.257. The van der Waals surface area contributed by atoms with Gasteiger partial charge in [-0.25, -0.2) is 0 Å². The van der Waals surface area contributed by atoms with Crippen LogP contribution in [0, 0.1) is 0 Å². The van der Waals surface area contributed by atoms with E-state index in [0.717, 1.165) is 6.61 Å². The molecular weight excluding hydrogens is 176 g/mol. The topological polar surface area (TPSA) is 62.2 Å². The highest BCUT2D eigenvalue weighted by molar-refractivity contribution is 6.27. The molecule has 1 unspecified atom stereocenters. The molecular formula is C7H14O4Si. The van der Waals surface area contributed by atoms with Crippen LogP contribution in [-0.2, 0) is 9.16 Å². The van der Waals surface area contributed by atoms with Gasteiger partial charge in [0.1, 0.15) is 6.10 Å². The number of aliphatic hydroxyl groups is 2. The summed E-state index contributed by atoms with van der Waals surface area (Å²) in [7, 11) is 0.339. The number of ether oxygens (including phenoxy) is 1. The van der Waals surface area contributed by atoms with Crippen molar-refractivity contribution in [3.63, 3.8) is 0 Å². The third kappa shape index (κ3) is 5.67. The van der Waals surface area contributed by atoms with Crippen molar-refractivity contribution in [1.29, 1.82) is 0 Å². The van der Waals surface area contributed by atoms with Crippen LogP contribution in [0.3, 0.4) is 0 Å². The maximum atomic E-state index is 8.92. The van der Waals surface area contributed by atoms with Crippen LogP contribution in [0.15, 0.2) is 0 Å². The van der Waals surface area contributed by atoms with E-state index in [4.69, 9.17) is 19.4 Å². The molecule has 1 heterocycles. The van der Waals surface area contributed by atoms with Crippen LogP contribution in [0.4, 0.5) is 0 Å². The van der Waals surface area contributed by atoms with Crippen molar-refractivity contribution in [2.45, 2.75) is 31.3 Å². The Labute approximate surface area is 74.4 Å². The van der Waals surface area contributed by atoms with Gasteiger partial charge in [-0.3, -0.25) is 0 Å². The zero-order valence-electron chi connectivity index (χ0n) is 7.12. The van der Waals surface area contributed by atoms with Crippen LogP contribution in [0.5, 0.6) is 0 Å². The van der Waals surface area contributed by atoms with E-state index in [1.165, 1.54) is 6.92 Å². The summed E-state index contributed by atoms with van der Waals surface area (Å²) in [5.41, 5.74) is 0. The SMILES string of the molecule is CC(O)(O)CC[Si]OCC1CO1. The lowest BCUT2D eigenvalue weighted by molar-refractivity contribution is -0.146. The van der Waals surface area contributed by atoms with Gasteiger partial charge in [-0.2, -0.15) is 0 Å². The second kappa shape index (κ2) is 4.34. The Morgan fingerprint density at radius 2 is 2.33 bits per heavy atom. The molecule has 5 heteroatoms. The zero-order valence-corrected chi connectivity index (χ0v) is 8.12. The first kappa shape index (κ1) is 10.1. The molecule has 2 radical (unpaired) electrons. The Kier molecular flexibility index (Phi) is 3.67. The molecule has 1 aliphatic heterocycles. The molecule has 70 valence electrons. The minimum atomic E-state index is -1.55. The van der Waals surface area contributed by atoms with Crippen LogP contribution in [-0.4, -0.2) is 45.1 Å². The molecule has 2 N–H and O–H groups in total. The first-order valence-electron chi connectivity index (χ1n) is 3.99. The number of rotatable bonds is 6. The van der Waals surface area contributed by atoms with Crippen molar-refractivity contribution < 1.29 is 19.4 Å². The van der Waals surface area contributed by atoms with Crippen molar-refractivity contribution in [1.82, 2.24) is 0 Å². The fourth-order valence-electron chi connectivity index (χ4n) is 0.676. The van der Waals surface area contributed by atoms with Crippen molar-refractivity contribution in [2.24, 2.45) is 0 Å². The first-order valence-corrected chi connectivity index (χ1v) is 5.10. The minimum absolute atomic E-state index is 0.298. The molecule has 0 amide bonds.